The minimum absolute atomic E-state index is 0.0613. The number of likely N-dealkylation sites (tertiary alicyclic amines) is 1. The van der Waals surface area contributed by atoms with Crippen molar-refractivity contribution in [2.75, 3.05) is 13.1 Å². The molecule has 0 N–H and O–H groups in total. The highest BCUT2D eigenvalue weighted by Gasteiger charge is 2.29. The molecule has 6 heteroatoms. The molecule has 5 nitrogen and oxygen atoms in total. The molecule has 0 bridgehead atoms. The zero-order valence-corrected chi connectivity index (χ0v) is 11.4. The summed E-state index contributed by atoms with van der Waals surface area (Å²) in [7, 11) is 0. The monoisotopic (exact) mass is 292 g/mol. The number of amides is 1. The third kappa shape index (κ3) is 2.63. The maximum Gasteiger partial charge on any atom is 0.289 e. The van der Waals surface area contributed by atoms with Gasteiger partial charge in [-0.2, -0.15) is 0 Å². The van der Waals surface area contributed by atoms with Gasteiger partial charge in [0, 0.05) is 31.4 Å². The van der Waals surface area contributed by atoms with Crippen LogP contribution in [0.1, 0.15) is 17.0 Å². The number of hydrogen-bond acceptors (Lipinski definition) is 4. The van der Waals surface area contributed by atoms with Crippen molar-refractivity contribution in [2.24, 2.45) is 0 Å². The van der Waals surface area contributed by atoms with Gasteiger partial charge >= 0.3 is 0 Å². The lowest BCUT2D eigenvalue weighted by atomic mass is 10.3. The molecule has 0 radical (unpaired) electrons. The van der Waals surface area contributed by atoms with Crippen molar-refractivity contribution in [3.63, 3.8) is 0 Å². The molecule has 1 atom stereocenters. The first kappa shape index (κ1) is 13.0. The van der Waals surface area contributed by atoms with Crippen LogP contribution >= 0.6 is 11.6 Å². The first-order chi connectivity index (χ1) is 9.74. The third-order valence-corrected chi connectivity index (χ3v) is 3.48. The van der Waals surface area contributed by atoms with E-state index < -0.39 is 0 Å². The summed E-state index contributed by atoms with van der Waals surface area (Å²) in [4.78, 5) is 17.7. The molecule has 104 valence electrons. The van der Waals surface area contributed by atoms with E-state index in [4.69, 9.17) is 20.8 Å². The lowest BCUT2D eigenvalue weighted by Gasteiger charge is -2.16. The Balaban J connectivity index is 1.63. The standard InChI is InChI=1S/C14H13ClN2O3/c15-11-8-16-5-3-12(11)20-10-4-6-17(9-10)14(18)13-2-1-7-19-13/h1-3,5,7-8,10H,4,6,9H2/t10-/m0/s1. The van der Waals surface area contributed by atoms with E-state index >= 15 is 0 Å². The molecule has 0 aliphatic carbocycles. The molecular weight excluding hydrogens is 280 g/mol. The second-order valence-corrected chi connectivity index (χ2v) is 4.97. The van der Waals surface area contributed by atoms with Gasteiger partial charge in [-0.3, -0.25) is 9.78 Å². The average molecular weight is 293 g/mol. The fraction of sp³-hybridized carbons (Fsp3) is 0.286. The van der Waals surface area contributed by atoms with Gasteiger partial charge in [0.2, 0.25) is 0 Å². The van der Waals surface area contributed by atoms with Crippen molar-refractivity contribution >= 4 is 17.5 Å². The first-order valence-corrected chi connectivity index (χ1v) is 6.71. The third-order valence-electron chi connectivity index (χ3n) is 3.19. The summed E-state index contributed by atoms with van der Waals surface area (Å²) in [5, 5.41) is 0.475. The van der Waals surface area contributed by atoms with Crippen LogP contribution in [-0.4, -0.2) is 35.0 Å². The van der Waals surface area contributed by atoms with Gasteiger partial charge in [-0.25, -0.2) is 0 Å². The van der Waals surface area contributed by atoms with Crippen molar-refractivity contribution in [3.05, 3.63) is 47.6 Å². The summed E-state index contributed by atoms with van der Waals surface area (Å²) < 4.78 is 10.9. The zero-order chi connectivity index (χ0) is 13.9. The van der Waals surface area contributed by atoms with E-state index in [1.165, 1.54) is 12.5 Å². The molecule has 1 fully saturated rings. The Bertz CT molecular complexity index is 600. The Labute approximate surface area is 121 Å². The predicted molar refractivity (Wildman–Crippen MR) is 72.9 cm³/mol. The van der Waals surface area contributed by atoms with Gasteiger partial charge in [-0.1, -0.05) is 11.6 Å². The van der Waals surface area contributed by atoms with Crippen LogP contribution in [0.25, 0.3) is 0 Å². The number of rotatable bonds is 3. The molecule has 0 saturated carbocycles. The molecule has 0 aromatic carbocycles. The lowest BCUT2D eigenvalue weighted by molar-refractivity contribution is 0.0741. The highest BCUT2D eigenvalue weighted by molar-refractivity contribution is 6.31. The molecule has 3 rings (SSSR count). The number of carbonyl (C=O) groups is 1. The molecule has 1 amide bonds. The number of aromatic nitrogens is 1. The van der Waals surface area contributed by atoms with Gasteiger partial charge < -0.3 is 14.1 Å². The van der Waals surface area contributed by atoms with Crippen molar-refractivity contribution in [1.82, 2.24) is 9.88 Å². The maximum absolute atomic E-state index is 12.1. The number of hydrogen-bond donors (Lipinski definition) is 0. The van der Waals surface area contributed by atoms with Gasteiger partial charge in [0.1, 0.15) is 16.9 Å². The molecule has 1 aliphatic heterocycles. The van der Waals surface area contributed by atoms with Crippen molar-refractivity contribution in [3.8, 4) is 5.75 Å². The van der Waals surface area contributed by atoms with E-state index in [2.05, 4.69) is 4.98 Å². The number of carbonyl (C=O) groups excluding carboxylic acids is 1. The van der Waals surface area contributed by atoms with Crippen LogP contribution < -0.4 is 4.74 Å². The first-order valence-electron chi connectivity index (χ1n) is 6.33. The quantitative estimate of drug-likeness (QED) is 0.872. The van der Waals surface area contributed by atoms with Crippen LogP contribution in [-0.2, 0) is 0 Å². The molecule has 2 aromatic heterocycles. The van der Waals surface area contributed by atoms with Crippen LogP contribution in [0.5, 0.6) is 5.75 Å². The largest absolute Gasteiger partial charge is 0.487 e. The van der Waals surface area contributed by atoms with Gasteiger partial charge in [-0.05, 0) is 12.1 Å². The van der Waals surface area contributed by atoms with Crippen LogP contribution in [0.3, 0.4) is 0 Å². The van der Waals surface area contributed by atoms with Gasteiger partial charge in [0.05, 0.1) is 12.8 Å². The summed E-state index contributed by atoms with van der Waals surface area (Å²) in [6, 6.07) is 5.09. The van der Waals surface area contributed by atoms with E-state index in [0.29, 0.717) is 29.6 Å². The average Bonchev–Trinajstić information content (AvgIpc) is 3.12. The van der Waals surface area contributed by atoms with Gasteiger partial charge in [0.25, 0.3) is 5.91 Å². The molecule has 0 spiro atoms. The van der Waals surface area contributed by atoms with Crippen molar-refractivity contribution in [1.29, 1.82) is 0 Å². The van der Waals surface area contributed by atoms with Gasteiger partial charge in [0.15, 0.2) is 5.76 Å². The molecule has 0 unspecified atom stereocenters. The second-order valence-electron chi connectivity index (χ2n) is 4.56. The summed E-state index contributed by atoms with van der Waals surface area (Å²) in [6.07, 6.45) is 5.37. The zero-order valence-electron chi connectivity index (χ0n) is 10.7. The Morgan fingerprint density at radius 1 is 1.50 bits per heavy atom. The fourth-order valence-electron chi connectivity index (χ4n) is 2.20. The van der Waals surface area contributed by atoms with Crippen LogP contribution in [0.2, 0.25) is 5.02 Å². The lowest BCUT2D eigenvalue weighted by Crippen LogP contribution is -2.30. The number of furan rings is 1. The molecule has 2 aromatic rings. The Hall–Kier alpha value is -2.01. The summed E-state index contributed by atoms with van der Waals surface area (Å²) in [5.74, 6) is 0.841. The predicted octanol–water partition coefficient (Wildman–Crippen LogP) is 2.62. The SMILES string of the molecule is O=C(c1ccco1)N1CC[C@H](Oc2ccncc2Cl)C1. The normalized spacial score (nSPS) is 18.2. The Morgan fingerprint density at radius 2 is 2.40 bits per heavy atom. The van der Waals surface area contributed by atoms with E-state index in [1.807, 2.05) is 0 Å². The summed E-state index contributed by atoms with van der Waals surface area (Å²) in [5.41, 5.74) is 0. The number of pyridine rings is 1. The minimum atomic E-state index is -0.109. The van der Waals surface area contributed by atoms with Crippen LogP contribution in [0.4, 0.5) is 0 Å². The highest BCUT2D eigenvalue weighted by atomic mass is 35.5. The summed E-state index contributed by atoms with van der Waals surface area (Å²) >= 11 is 6.00. The number of halogens is 1. The molecule has 1 aliphatic rings. The van der Waals surface area contributed by atoms with Crippen molar-refractivity contribution < 1.29 is 13.9 Å². The second kappa shape index (κ2) is 5.54. The highest BCUT2D eigenvalue weighted by Crippen LogP contribution is 2.26. The number of ether oxygens (including phenoxy) is 1. The van der Waals surface area contributed by atoms with E-state index in [1.54, 1.807) is 29.3 Å². The minimum Gasteiger partial charge on any atom is -0.487 e. The van der Waals surface area contributed by atoms with Crippen LogP contribution in [0.15, 0.2) is 41.3 Å². The maximum atomic E-state index is 12.1. The molecule has 20 heavy (non-hydrogen) atoms. The van der Waals surface area contributed by atoms with E-state index in [0.717, 1.165) is 6.42 Å². The summed E-state index contributed by atoms with van der Waals surface area (Å²) in [6.45, 7) is 1.17. The van der Waals surface area contributed by atoms with E-state index in [9.17, 15) is 4.79 Å². The topological polar surface area (TPSA) is 55.6 Å². The number of nitrogens with zero attached hydrogens (tertiary/aromatic N) is 2. The van der Waals surface area contributed by atoms with Gasteiger partial charge in [-0.15, -0.1) is 0 Å². The molecular formula is C14H13ClN2O3. The smallest absolute Gasteiger partial charge is 0.289 e. The fourth-order valence-corrected chi connectivity index (χ4v) is 2.37. The van der Waals surface area contributed by atoms with Crippen molar-refractivity contribution in [2.45, 2.75) is 12.5 Å². The van der Waals surface area contributed by atoms with Crippen LogP contribution in [0, 0.1) is 0 Å². The molecule has 3 heterocycles. The van der Waals surface area contributed by atoms with E-state index in [-0.39, 0.29) is 12.0 Å². The Kier molecular flexibility index (Phi) is 3.60. The molecule has 1 saturated heterocycles. The Morgan fingerprint density at radius 3 is 3.15 bits per heavy atom.